The molecule has 148 valence electrons. The molecule has 3 aliphatic rings. The van der Waals surface area contributed by atoms with Crippen LogP contribution in [-0.2, 0) is 4.79 Å². The zero-order valence-electron chi connectivity index (χ0n) is 16.9. The maximum atomic E-state index is 12.6. The van der Waals surface area contributed by atoms with Crippen molar-refractivity contribution in [2.24, 2.45) is 5.92 Å². The Morgan fingerprint density at radius 3 is 2.26 bits per heavy atom. The van der Waals surface area contributed by atoms with Crippen molar-refractivity contribution in [2.45, 2.75) is 63.5 Å². The van der Waals surface area contributed by atoms with Gasteiger partial charge in [0.05, 0.1) is 6.54 Å². The van der Waals surface area contributed by atoms with Gasteiger partial charge in [0.1, 0.15) is 5.66 Å². The molecule has 1 saturated carbocycles. The Labute approximate surface area is 164 Å². The number of anilines is 1. The molecule has 1 amide bonds. The molecule has 4 heteroatoms. The predicted octanol–water partition coefficient (Wildman–Crippen LogP) is 4.12. The van der Waals surface area contributed by atoms with Crippen molar-refractivity contribution in [3.05, 3.63) is 30.3 Å². The van der Waals surface area contributed by atoms with Crippen LogP contribution < -0.4 is 4.90 Å². The van der Waals surface area contributed by atoms with E-state index in [1.807, 2.05) is 11.9 Å². The van der Waals surface area contributed by atoms with Crippen molar-refractivity contribution in [2.75, 3.05) is 38.1 Å². The summed E-state index contributed by atoms with van der Waals surface area (Å²) in [7, 11) is 2.01. The normalized spacial score (nSPS) is 25.0. The van der Waals surface area contributed by atoms with Crippen LogP contribution in [0, 0.1) is 5.92 Å². The summed E-state index contributed by atoms with van der Waals surface area (Å²) in [6.45, 7) is 4.00. The highest BCUT2D eigenvalue weighted by Gasteiger charge is 2.50. The lowest BCUT2D eigenvalue weighted by Gasteiger charge is -2.49. The van der Waals surface area contributed by atoms with Gasteiger partial charge in [0.15, 0.2) is 0 Å². The van der Waals surface area contributed by atoms with Gasteiger partial charge in [0.2, 0.25) is 5.91 Å². The van der Waals surface area contributed by atoms with Gasteiger partial charge in [-0.1, -0.05) is 50.3 Å². The van der Waals surface area contributed by atoms with Gasteiger partial charge < -0.3 is 14.7 Å². The number of carbonyl (C=O) groups excluding carboxylic acids is 1. The maximum absolute atomic E-state index is 12.6. The number of hydrogen-bond donors (Lipinski definition) is 0. The fourth-order valence-corrected chi connectivity index (χ4v) is 5.53. The summed E-state index contributed by atoms with van der Waals surface area (Å²) < 4.78 is 0. The first kappa shape index (κ1) is 18.8. The molecule has 0 atom stereocenters. The van der Waals surface area contributed by atoms with Crippen molar-refractivity contribution >= 4 is 11.6 Å². The summed E-state index contributed by atoms with van der Waals surface area (Å²) in [5.74, 6) is 1.14. The van der Waals surface area contributed by atoms with E-state index in [-0.39, 0.29) is 11.6 Å². The monoisotopic (exact) mass is 369 g/mol. The molecule has 2 aliphatic heterocycles. The van der Waals surface area contributed by atoms with Gasteiger partial charge in [-0.25, -0.2) is 0 Å². The number of likely N-dealkylation sites (tertiary alicyclic amines) is 1. The summed E-state index contributed by atoms with van der Waals surface area (Å²) in [5, 5.41) is 0. The van der Waals surface area contributed by atoms with E-state index in [1.54, 1.807) is 0 Å². The van der Waals surface area contributed by atoms with Gasteiger partial charge >= 0.3 is 0 Å². The first-order chi connectivity index (χ1) is 13.2. The minimum absolute atomic E-state index is 0.129. The minimum atomic E-state index is -0.129. The van der Waals surface area contributed by atoms with Crippen molar-refractivity contribution in [1.29, 1.82) is 0 Å². The smallest absolute Gasteiger partial charge is 0.243 e. The average molecular weight is 370 g/mol. The molecule has 0 bridgehead atoms. The van der Waals surface area contributed by atoms with Crippen molar-refractivity contribution in [3.63, 3.8) is 0 Å². The summed E-state index contributed by atoms with van der Waals surface area (Å²) in [4.78, 5) is 19.6. The average Bonchev–Trinajstić information content (AvgIpc) is 2.91. The molecule has 1 aromatic carbocycles. The van der Waals surface area contributed by atoms with Crippen LogP contribution in [0.5, 0.6) is 0 Å². The lowest BCUT2D eigenvalue weighted by Crippen LogP contribution is -2.59. The molecule has 0 aromatic heterocycles. The third kappa shape index (κ3) is 3.87. The molecule has 3 fully saturated rings. The second-order valence-corrected chi connectivity index (χ2v) is 8.87. The lowest BCUT2D eigenvalue weighted by atomic mass is 9.89. The largest absolute Gasteiger partial charge is 0.339 e. The number of rotatable bonds is 3. The summed E-state index contributed by atoms with van der Waals surface area (Å²) in [5.41, 5.74) is 1.05. The summed E-state index contributed by atoms with van der Waals surface area (Å²) >= 11 is 0. The molecule has 2 heterocycles. The lowest BCUT2D eigenvalue weighted by molar-refractivity contribution is -0.129. The molecule has 0 N–H and O–H groups in total. The number of hydrogen-bond acceptors (Lipinski definition) is 3. The Hall–Kier alpha value is -1.55. The standard InChI is InChI=1S/C23H35N3O/c1-24-22(27)19-26(21-12-8-5-9-13-21)23(24)14-16-25(17-15-23)18-20-10-6-3-2-4-7-11-20/h5,8-9,12-13,20H,2-4,6-7,10-11,14-19H2,1H3. The third-order valence-corrected chi connectivity index (χ3v) is 7.26. The highest BCUT2D eigenvalue weighted by molar-refractivity contribution is 5.86. The van der Waals surface area contributed by atoms with E-state index < -0.39 is 0 Å². The van der Waals surface area contributed by atoms with E-state index in [4.69, 9.17) is 0 Å². The highest BCUT2D eigenvalue weighted by atomic mass is 16.2. The number of piperidine rings is 1. The van der Waals surface area contributed by atoms with Crippen molar-refractivity contribution in [3.8, 4) is 0 Å². The molecular formula is C23H35N3O. The van der Waals surface area contributed by atoms with Gasteiger partial charge in [0.25, 0.3) is 0 Å². The number of carbonyl (C=O) groups is 1. The molecule has 1 spiro atoms. The maximum Gasteiger partial charge on any atom is 0.243 e. The minimum Gasteiger partial charge on any atom is -0.339 e. The van der Waals surface area contributed by atoms with E-state index in [0.717, 1.165) is 31.8 Å². The van der Waals surface area contributed by atoms with Crippen LogP contribution in [0.2, 0.25) is 0 Å². The first-order valence-electron chi connectivity index (χ1n) is 11.0. The van der Waals surface area contributed by atoms with Gasteiger partial charge in [-0.15, -0.1) is 0 Å². The SMILES string of the molecule is CN1C(=O)CN(c2ccccc2)C12CCN(CC1CCCCCCC1)CC2. The van der Waals surface area contributed by atoms with Crippen LogP contribution in [0.3, 0.4) is 0 Å². The van der Waals surface area contributed by atoms with Crippen LogP contribution in [0.25, 0.3) is 0 Å². The molecule has 27 heavy (non-hydrogen) atoms. The van der Waals surface area contributed by atoms with Crippen molar-refractivity contribution in [1.82, 2.24) is 9.80 Å². The third-order valence-electron chi connectivity index (χ3n) is 7.26. The van der Waals surface area contributed by atoms with Crippen molar-refractivity contribution < 1.29 is 4.79 Å². The number of benzene rings is 1. The van der Waals surface area contributed by atoms with Gasteiger partial charge in [-0.05, 0) is 30.9 Å². The molecule has 4 nitrogen and oxygen atoms in total. The summed E-state index contributed by atoms with van der Waals surface area (Å²) in [6, 6.07) is 10.5. The van der Waals surface area contributed by atoms with Crippen LogP contribution in [0.1, 0.15) is 57.8 Å². The van der Waals surface area contributed by atoms with E-state index >= 15 is 0 Å². The summed E-state index contributed by atoms with van der Waals surface area (Å²) in [6.07, 6.45) is 12.1. The fraction of sp³-hybridized carbons (Fsp3) is 0.696. The van der Waals surface area contributed by atoms with Gasteiger partial charge in [-0.3, -0.25) is 4.79 Å². The Morgan fingerprint density at radius 1 is 0.963 bits per heavy atom. The molecule has 2 saturated heterocycles. The van der Waals surface area contributed by atoms with Gasteiger partial charge in [0, 0.05) is 45.2 Å². The van der Waals surface area contributed by atoms with E-state index in [1.165, 1.54) is 57.2 Å². The first-order valence-corrected chi connectivity index (χ1v) is 11.0. The van der Waals surface area contributed by atoms with Gasteiger partial charge in [-0.2, -0.15) is 0 Å². The second kappa shape index (κ2) is 8.22. The molecule has 0 unspecified atom stereocenters. The van der Waals surface area contributed by atoms with Crippen LogP contribution in [0.4, 0.5) is 5.69 Å². The predicted molar refractivity (Wildman–Crippen MR) is 111 cm³/mol. The Morgan fingerprint density at radius 2 is 1.59 bits per heavy atom. The Balaban J connectivity index is 1.42. The number of likely N-dealkylation sites (N-methyl/N-ethyl adjacent to an activating group) is 1. The second-order valence-electron chi connectivity index (χ2n) is 8.87. The van der Waals surface area contributed by atoms with Crippen LogP contribution >= 0.6 is 0 Å². The van der Waals surface area contributed by atoms with E-state index in [0.29, 0.717) is 6.54 Å². The molecule has 0 radical (unpaired) electrons. The topological polar surface area (TPSA) is 26.8 Å². The fourth-order valence-electron chi connectivity index (χ4n) is 5.53. The molecular weight excluding hydrogens is 334 g/mol. The van der Waals surface area contributed by atoms with Crippen LogP contribution in [-0.4, -0.2) is 54.6 Å². The molecule has 1 aromatic rings. The Kier molecular flexibility index (Phi) is 5.72. The van der Waals surface area contributed by atoms with E-state index in [9.17, 15) is 4.79 Å². The number of para-hydroxylation sites is 1. The van der Waals surface area contributed by atoms with Crippen LogP contribution in [0.15, 0.2) is 30.3 Å². The molecule has 4 rings (SSSR count). The zero-order chi connectivity index (χ0) is 18.7. The van der Waals surface area contributed by atoms with E-state index in [2.05, 4.69) is 40.1 Å². The zero-order valence-corrected chi connectivity index (χ0v) is 16.9. The molecule has 1 aliphatic carbocycles. The number of nitrogens with zero attached hydrogens (tertiary/aromatic N) is 3. The number of amides is 1. The Bertz CT molecular complexity index is 616. The quantitative estimate of drug-likeness (QED) is 0.802. The highest BCUT2D eigenvalue weighted by Crippen LogP contribution is 2.39.